The van der Waals surface area contributed by atoms with Gasteiger partial charge in [-0.05, 0) is 20.9 Å². The third-order valence-electron chi connectivity index (χ3n) is 3.49. The third-order valence-corrected chi connectivity index (χ3v) is 3.49. The molecule has 1 aliphatic heterocycles. The van der Waals surface area contributed by atoms with Crippen molar-refractivity contribution in [1.29, 1.82) is 0 Å². The van der Waals surface area contributed by atoms with Gasteiger partial charge in [-0.3, -0.25) is 9.69 Å². The number of nitrogens with one attached hydrogen (secondary N) is 1. The Morgan fingerprint density at radius 2 is 2.37 bits per heavy atom. The lowest BCUT2D eigenvalue weighted by Crippen LogP contribution is -2.50. The number of anilines is 1. The molecule has 1 aromatic heterocycles. The van der Waals surface area contributed by atoms with Crippen LogP contribution >= 0.6 is 0 Å². The largest absolute Gasteiger partial charge is 0.360 e. The van der Waals surface area contributed by atoms with E-state index >= 15 is 0 Å². The van der Waals surface area contributed by atoms with Crippen LogP contribution in [0.5, 0.6) is 0 Å². The van der Waals surface area contributed by atoms with Gasteiger partial charge in [-0.2, -0.15) is 0 Å². The summed E-state index contributed by atoms with van der Waals surface area (Å²) in [6.07, 6.45) is 0.486. The average molecular weight is 266 g/mol. The predicted octanol–water partition coefficient (Wildman–Crippen LogP) is 0.948. The second-order valence-corrected chi connectivity index (χ2v) is 5.27. The molecule has 1 atom stereocenters. The van der Waals surface area contributed by atoms with Crippen LogP contribution < -0.4 is 5.32 Å². The van der Waals surface area contributed by atoms with Crippen LogP contribution in [0, 0.1) is 6.92 Å². The fourth-order valence-electron chi connectivity index (χ4n) is 2.39. The third kappa shape index (κ3) is 4.04. The van der Waals surface area contributed by atoms with Gasteiger partial charge in [0.2, 0.25) is 5.91 Å². The van der Waals surface area contributed by atoms with E-state index in [0.29, 0.717) is 24.0 Å². The van der Waals surface area contributed by atoms with E-state index in [-0.39, 0.29) is 5.91 Å². The summed E-state index contributed by atoms with van der Waals surface area (Å²) in [4.78, 5) is 16.5. The average Bonchev–Trinajstić information content (AvgIpc) is 2.73. The maximum absolute atomic E-state index is 11.8. The normalized spacial score (nSPS) is 21.5. The first kappa shape index (κ1) is 14.0. The molecule has 2 heterocycles. The fraction of sp³-hybridized carbons (Fsp3) is 0.692. The summed E-state index contributed by atoms with van der Waals surface area (Å²) in [7, 11) is 2.13. The minimum Gasteiger partial charge on any atom is -0.360 e. The van der Waals surface area contributed by atoms with E-state index < -0.39 is 0 Å². The lowest BCUT2D eigenvalue weighted by atomic mass is 10.2. The number of hydrogen-bond donors (Lipinski definition) is 1. The fourth-order valence-corrected chi connectivity index (χ4v) is 2.39. The molecule has 1 aromatic rings. The van der Waals surface area contributed by atoms with Gasteiger partial charge in [-0.25, -0.2) is 0 Å². The van der Waals surface area contributed by atoms with Gasteiger partial charge in [-0.1, -0.05) is 5.16 Å². The first-order chi connectivity index (χ1) is 9.04. The van der Waals surface area contributed by atoms with Gasteiger partial charge < -0.3 is 14.7 Å². The molecule has 0 spiro atoms. The molecule has 1 amide bonds. The molecule has 0 bridgehead atoms. The maximum atomic E-state index is 11.8. The number of amides is 1. The first-order valence-corrected chi connectivity index (χ1v) is 6.70. The summed E-state index contributed by atoms with van der Waals surface area (Å²) < 4.78 is 4.91. The quantitative estimate of drug-likeness (QED) is 0.879. The highest BCUT2D eigenvalue weighted by molar-refractivity contribution is 5.89. The minimum absolute atomic E-state index is 0.0144. The van der Waals surface area contributed by atoms with Crippen molar-refractivity contribution in [3.05, 3.63) is 11.8 Å². The minimum atomic E-state index is -0.0144. The van der Waals surface area contributed by atoms with Gasteiger partial charge in [0, 0.05) is 44.7 Å². The Kier molecular flexibility index (Phi) is 4.55. The number of nitrogens with zero attached hydrogens (tertiary/aromatic N) is 3. The summed E-state index contributed by atoms with van der Waals surface area (Å²) in [5.74, 6) is 1.18. The van der Waals surface area contributed by atoms with Crippen LogP contribution in [-0.2, 0) is 4.79 Å². The molecule has 6 heteroatoms. The van der Waals surface area contributed by atoms with Gasteiger partial charge in [0.05, 0.1) is 0 Å². The van der Waals surface area contributed by atoms with E-state index in [1.807, 2.05) is 0 Å². The standard InChI is InChI=1S/C13H22N4O2/c1-10-9-16(3)6-7-17(10)5-4-13(18)14-12-8-11(2)19-15-12/h8,10H,4-7,9H2,1-3H3,(H,14,15,18)/t10-/m1/s1. The number of carbonyl (C=O) groups excluding carboxylic acids is 1. The van der Waals surface area contributed by atoms with Crippen LogP contribution in [0.1, 0.15) is 19.1 Å². The topological polar surface area (TPSA) is 61.6 Å². The summed E-state index contributed by atoms with van der Waals surface area (Å²) >= 11 is 0. The summed E-state index contributed by atoms with van der Waals surface area (Å²) in [6, 6.07) is 2.22. The number of carbonyl (C=O) groups is 1. The van der Waals surface area contributed by atoms with Crippen molar-refractivity contribution in [3.63, 3.8) is 0 Å². The molecule has 0 unspecified atom stereocenters. The highest BCUT2D eigenvalue weighted by Crippen LogP contribution is 2.10. The Hall–Kier alpha value is -1.40. The van der Waals surface area contributed by atoms with Crippen LogP contribution in [0.2, 0.25) is 0 Å². The Labute approximate surface area is 113 Å². The number of likely N-dealkylation sites (N-methyl/N-ethyl adjacent to an activating group) is 1. The van der Waals surface area contributed by atoms with Crippen molar-refractivity contribution >= 4 is 11.7 Å². The molecular weight excluding hydrogens is 244 g/mol. The molecule has 106 valence electrons. The predicted molar refractivity (Wildman–Crippen MR) is 73.0 cm³/mol. The molecule has 0 aliphatic carbocycles. The van der Waals surface area contributed by atoms with Crippen molar-refractivity contribution < 1.29 is 9.32 Å². The maximum Gasteiger partial charge on any atom is 0.226 e. The molecule has 6 nitrogen and oxygen atoms in total. The Bertz CT molecular complexity index is 432. The van der Waals surface area contributed by atoms with Crippen molar-refractivity contribution in [2.75, 3.05) is 38.5 Å². The number of aromatic nitrogens is 1. The van der Waals surface area contributed by atoms with E-state index in [2.05, 4.69) is 34.2 Å². The van der Waals surface area contributed by atoms with E-state index in [1.54, 1.807) is 13.0 Å². The van der Waals surface area contributed by atoms with Crippen LogP contribution in [0.15, 0.2) is 10.6 Å². The monoisotopic (exact) mass is 266 g/mol. The summed E-state index contributed by atoms with van der Waals surface area (Å²) in [5, 5.41) is 6.49. The smallest absolute Gasteiger partial charge is 0.226 e. The molecule has 1 aliphatic rings. The molecular formula is C13H22N4O2. The van der Waals surface area contributed by atoms with Crippen molar-refractivity contribution in [1.82, 2.24) is 15.0 Å². The lowest BCUT2D eigenvalue weighted by molar-refractivity contribution is -0.116. The summed E-state index contributed by atoms with van der Waals surface area (Å²) in [5.41, 5.74) is 0. The van der Waals surface area contributed by atoms with Crippen molar-refractivity contribution in [3.8, 4) is 0 Å². The first-order valence-electron chi connectivity index (χ1n) is 6.70. The Morgan fingerprint density at radius 1 is 1.58 bits per heavy atom. The lowest BCUT2D eigenvalue weighted by Gasteiger charge is -2.38. The van der Waals surface area contributed by atoms with Gasteiger partial charge in [0.25, 0.3) is 0 Å². The van der Waals surface area contributed by atoms with Crippen LogP contribution in [0.25, 0.3) is 0 Å². The zero-order valence-electron chi connectivity index (χ0n) is 11.8. The van der Waals surface area contributed by atoms with Crippen LogP contribution in [-0.4, -0.2) is 60.1 Å². The number of hydrogen-bond acceptors (Lipinski definition) is 5. The summed E-state index contributed by atoms with van der Waals surface area (Å²) in [6.45, 7) is 7.94. The number of aryl methyl sites for hydroxylation is 1. The molecule has 1 N–H and O–H groups in total. The van der Waals surface area contributed by atoms with E-state index in [1.165, 1.54) is 0 Å². The Balaban J connectivity index is 1.74. The van der Waals surface area contributed by atoms with Crippen LogP contribution in [0.3, 0.4) is 0 Å². The zero-order chi connectivity index (χ0) is 13.8. The second kappa shape index (κ2) is 6.16. The van der Waals surface area contributed by atoms with Gasteiger partial charge >= 0.3 is 0 Å². The number of piperazine rings is 1. The van der Waals surface area contributed by atoms with Crippen LogP contribution in [0.4, 0.5) is 5.82 Å². The molecule has 0 radical (unpaired) electrons. The highest BCUT2D eigenvalue weighted by Gasteiger charge is 2.21. The van der Waals surface area contributed by atoms with Gasteiger partial charge in [0.15, 0.2) is 5.82 Å². The molecule has 1 fully saturated rings. The van der Waals surface area contributed by atoms with Gasteiger partial charge in [-0.15, -0.1) is 0 Å². The molecule has 2 rings (SSSR count). The van der Waals surface area contributed by atoms with E-state index in [9.17, 15) is 4.79 Å². The Morgan fingerprint density at radius 3 is 3.00 bits per heavy atom. The molecule has 0 aromatic carbocycles. The van der Waals surface area contributed by atoms with Crippen molar-refractivity contribution in [2.45, 2.75) is 26.3 Å². The molecule has 1 saturated heterocycles. The second-order valence-electron chi connectivity index (χ2n) is 5.27. The van der Waals surface area contributed by atoms with E-state index in [4.69, 9.17) is 4.52 Å². The van der Waals surface area contributed by atoms with Gasteiger partial charge in [0.1, 0.15) is 5.76 Å². The van der Waals surface area contributed by atoms with Crippen molar-refractivity contribution in [2.24, 2.45) is 0 Å². The highest BCUT2D eigenvalue weighted by atomic mass is 16.5. The number of rotatable bonds is 4. The molecule has 19 heavy (non-hydrogen) atoms. The SMILES string of the molecule is Cc1cc(NC(=O)CCN2CCN(C)C[C@H]2C)no1. The molecule has 0 saturated carbocycles. The van der Waals surface area contributed by atoms with E-state index in [0.717, 1.165) is 26.2 Å². The zero-order valence-corrected chi connectivity index (χ0v) is 11.8.